The summed E-state index contributed by atoms with van der Waals surface area (Å²) in [6.07, 6.45) is 1.44. The van der Waals surface area contributed by atoms with Crippen molar-refractivity contribution in [1.29, 1.82) is 5.26 Å². The van der Waals surface area contributed by atoms with Crippen molar-refractivity contribution in [2.75, 3.05) is 25.6 Å². The average Bonchev–Trinajstić information content (AvgIpc) is 3.27. The van der Waals surface area contributed by atoms with E-state index in [4.69, 9.17) is 25.8 Å². The fourth-order valence-electron chi connectivity index (χ4n) is 3.23. The van der Waals surface area contributed by atoms with Crippen LogP contribution in [0.1, 0.15) is 29.8 Å². The molecule has 0 atom stereocenters. The molecule has 0 spiro atoms. The molecule has 0 bridgehead atoms. The fraction of sp³-hybridized carbons (Fsp3) is 0.192. The summed E-state index contributed by atoms with van der Waals surface area (Å²) in [7, 11) is 1.51. The van der Waals surface area contributed by atoms with Gasteiger partial charge < -0.3 is 19.5 Å². The second-order valence-electron chi connectivity index (χ2n) is 7.05. The van der Waals surface area contributed by atoms with Crippen LogP contribution < -0.4 is 14.8 Å². The summed E-state index contributed by atoms with van der Waals surface area (Å²) in [4.78, 5) is 25.7. The number of thiophene rings is 1. The molecule has 0 saturated heterocycles. The highest BCUT2D eigenvalue weighted by atomic mass is 35.5. The summed E-state index contributed by atoms with van der Waals surface area (Å²) in [5.74, 6) is -0.195. The van der Waals surface area contributed by atoms with Crippen LogP contribution in [0.3, 0.4) is 0 Å². The van der Waals surface area contributed by atoms with Gasteiger partial charge in [-0.2, -0.15) is 5.26 Å². The molecule has 2 aromatic carbocycles. The van der Waals surface area contributed by atoms with Gasteiger partial charge in [-0.1, -0.05) is 29.8 Å². The predicted molar refractivity (Wildman–Crippen MR) is 137 cm³/mol. The van der Waals surface area contributed by atoms with E-state index >= 15 is 0 Å². The molecule has 3 rings (SSSR count). The average molecular weight is 511 g/mol. The number of nitrogens with one attached hydrogen (secondary N) is 1. The number of carbonyl (C=O) groups excluding carboxylic acids is 2. The minimum absolute atomic E-state index is 0.146. The summed E-state index contributed by atoms with van der Waals surface area (Å²) >= 11 is 7.15. The van der Waals surface area contributed by atoms with E-state index in [0.717, 1.165) is 5.56 Å². The Balaban J connectivity index is 1.94. The minimum Gasteiger partial charge on any atom is -0.493 e. The van der Waals surface area contributed by atoms with Crippen LogP contribution in [0.2, 0.25) is 5.02 Å². The second kappa shape index (κ2) is 12.1. The molecule has 0 saturated carbocycles. The minimum atomic E-state index is -0.657. The highest BCUT2D eigenvalue weighted by Gasteiger charge is 2.24. The molecule has 1 heterocycles. The Morgan fingerprint density at radius 1 is 1.11 bits per heavy atom. The van der Waals surface area contributed by atoms with Crippen molar-refractivity contribution in [3.05, 3.63) is 69.6 Å². The standard InChI is InChI=1S/C26H23ClN2O5S/c1-4-33-21-11-6-16(13-22(21)32-3)12-18(14-28)24(30)29-25-23(26(31)34-5-2)20(15-35-25)17-7-9-19(27)10-8-17/h6-13,15H,4-5H2,1-3H3,(H,29,30)/b18-12+. The molecule has 3 aromatic rings. The van der Waals surface area contributed by atoms with Crippen LogP contribution in [0.15, 0.2) is 53.4 Å². The van der Waals surface area contributed by atoms with Crippen molar-refractivity contribution >= 4 is 45.9 Å². The van der Waals surface area contributed by atoms with Crippen LogP contribution in [0, 0.1) is 11.3 Å². The Hall–Kier alpha value is -3.80. The monoisotopic (exact) mass is 510 g/mol. The van der Waals surface area contributed by atoms with E-state index in [1.165, 1.54) is 24.5 Å². The van der Waals surface area contributed by atoms with Gasteiger partial charge in [-0.15, -0.1) is 11.3 Å². The van der Waals surface area contributed by atoms with Crippen molar-refractivity contribution in [2.24, 2.45) is 0 Å². The zero-order valence-electron chi connectivity index (χ0n) is 19.4. The molecule has 0 fully saturated rings. The van der Waals surface area contributed by atoms with E-state index in [2.05, 4.69) is 5.32 Å². The molecule has 0 aliphatic carbocycles. The zero-order valence-corrected chi connectivity index (χ0v) is 21.0. The molecule has 0 radical (unpaired) electrons. The van der Waals surface area contributed by atoms with Crippen molar-refractivity contribution in [1.82, 2.24) is 0 Å². The third-order valence-corrected chi connectivity index (χ3v) is 5.96. The Morgan fingerprint density at radius 2 is 1.86 bits per heavy atom. The highest BCUT2D eigenvalue weighted by Crippen LogP contribution is 2.37. The number of hydrogen-bond acceptors (Lipinski definition) is 7. The lowest BCUT2D eigenvalue weighted by Gasteiger charge is -2.10. The zero-order chi connectivity index (χ0) is 25.4. The summed E-state index contributed by atoms with van der Waals surface area (Å²) in [6.45, 7) is 4.20. The third-order valence-electron chi connectivity index (χ3n) is 4.82. The van der Waals surface area contributed by atoms with Crippen LogP contribution in [-0.2, 0) is 9.53 Å². The lowest BCUT2D eigenvalue weighted by molar-refractivity contribution is -0.112. The first-order valence-electron chi connectivity index (χ1n) is 10.7. The molecular weight excluding hydrogens is 488 g/mol. The van der Waals surface area contributed by atoms with E-state index in [1.807, 2.05) is 13.0 Å². The molecule has 35 heavy (non-hydrogen) atoms. The first-order valence-corrected chi connectivity index (χ1v) is 12.0. The van der Waals surface area contributed by atoms with Gasteiger partial charge in [-0.3, -0.25) is 4.79 Å². The molecule has 9 heteroatoms. The van der Waals surface area contributed by atoms with E-state index < -0.39 is 11.9 Å². The quantitative estimate of drug-likeness (QED) is 0.209. The number of ether oxygens (including phenoxy) is 3. The maximum absolute atomic E-state index is 13.0. The van der Waals surface area contributed by atoms with Crippen molar-refractivity contribution in [2.45, 2.75) is 13.8 Å². The van der Waals surface area contributed by atoms with Gasteiger partial charge in [0.2, 0.25) is 0 Å². The molecule has 0 aliphatic rings. The number of methoxy groups -OCH3 is 1. The molecular formula is C26H23ClN2O5S. The van der Waals surface area contributed by atoms with Crippen LogP contribution in [0.4, 0.5) is 5.00 Å². The van der Waals surface area contributed by atoms with E-state index in [-0.39, 0.29) is 22.7 Å². The predicted octanol–water partition coefficient (Wildman–Crippen LogP) is 6.20. The maximum Gasteiger partial charge on any atom is 0.341 e. The number of hydrogen-bond donors (Lipinski definition) is 1. The third kappa shape index (κ3) is 6.21. The summed E-state index contributed by atoms with van der Waals surface area (Å²) in [6, 6.07) is 14.0. The number of nitrogens with zero attached hydrogens (tertiary/aromatic N) is 1. The second-order valence-corrected chi connectivity index (χ2v) is 8.36. The van der Waals surface area contributed by atoms with Gasteiger partial charge in [0.15, 0.2) is 11.5 Å². The Morgan fingerprint density at radius 3 is 2.49 bits per heavy atom. The van der Waals surface area contributed by atoms with E-state index in [9.17, 15) is 14.9 Å². The normalized spacial score (nSPS) is 10.9. The number of esters is 1. The van der Waals surface area contributed by atoms with E-state index in [0.29, 0.717) is 34.3 Å². The number of amides is 1. The fourth-order valence-corrected chi connectivity index (χ4v) is 4.31. The molecule has 1 amide bonds. The van der Waals surface area contributed by atoms with Gasteiger partial charge >= 0.3 is 5.97 Å². The first-order chi connectivity index (χ1) is 16.9. The van der Waals surface area contributed by atoms with Gasteiger partial charge in [-0.05, 0) is 55.3 Å². The lowest BCUT2D eigenvalue weighted by atomic mass is 10.0. The van der Waals surface area contributed by atoms with Crippen molar-refractivity contribution < 1.29 is 23.8 Å². The Kier molecular flexibility index (Phi) is 8.90. The molecule has 1 aromatic heterocycles. The summed E-state index contributed by atoms with van der Waals surface area (Å²) in [5, 5.41) is 14.9. The number of anilines is 1. The van der Waals surface area contributed by atoms with Crippen molar-refractivity contribution in [3.8, 4) is 28.7 Å². The number of benzene rings is 2. The van der Waals surface area contributed by atoms with Crippen LogP contribution >= 0.6 is 22.9 Å². The van der Waals surface area contributed by atoms with Crippen LogP contribution in [0.5, 0.6) is 11.5 Å². The highest BCUT2D eigenvalue weighted by molar-refractivity contribution is 7.15. The van der Waals surface area contributed by atoms with Crippen molar-refractivity contribution in [3.63, 3.8) is 0 Å². The number of carbonyl (C=O) groups is 2. The Bertz CT molecular complexity index is 1290. The van der Waals surface area contributed by atoms with Gasteiger partial charge in [0.1, 0.15) is 22.2 Å². The van der Waals surface area contributed by atoms with Gasteiger partial charge in [-0.25, -0.2) is 4.79 Å². The molecule has 1 N–H and O–H groups in total. The molecule has 180 valence electrons. The lowest BCUT2D eigenvalue weighted by Crippen LogP contribution is -2.16. The topological polar surface area (TPSA) is 97.7 Å². The SMILES string of the molecule is CCOC(=O)c1c(-c2ccc(Cl)cc2)csc1NC(=O)/C(C#N)=C/c1ccc(OCC)c(OC)c1. The van der Waals surface area contributed by atoms with E-state index in [1.54, 1.807) is 54.8 Å². The summed E-state index contributed by atoms with van der Waals surface area (Å²) < 4.78 is 16.1. The van der Waals surface area contributed by atoms with Gasteiger partial charge in [0.05, 0.1) is 20.3 Å². The molecule has 0 aliphatic heterocycles. The number of nitriles is 1. The number of halogens is 1. The van der Waals surface area contributed by atoms with Gasteiger partial charge in [0, 0.05) is 16.0 Å². The Labute approximate surface area is 212 Å². The summed E-state index contributed by atoms with van der Waals surface area (Å²) in [5.41, 5.74) is 1.99. The molecule has 0 unspecified atom stereocenters. The van der Waals surface area contributed by atoms with Gasteiger partial charge in [0.25, 0.3) is 5.91 Å². The largest absolute Gasteiger partial charge is 0.493 e. The smallest absolute Gasteiger partial charge is 0.341 e. The van der Waals surface area contributed by atoms with Crippen LogP contribution in [0.25, 0.3) is 17.2 Å². The van der Waals surface area contributed by atoms with Crippen LogP contribution in [-0.4, -0.2) is 32.2 Å². The first kappa shape index (κ1) is 25.8. The molecule has 7 nitrogen and oxygen atoms in total. The maximum atomic E-state index is 13.0. The number of rotatable bonds is 9.